The van der Waals surface area contributed by atoms with Gasteiger partial charge in [0.15, 0.2) is 0 Å². The molecule has 1 unspecified atom stereocenters. The molecule has 1 fully saturated rings. The van der Waals surface area contributed by atoms with Gasteiger partial charge in [0.25, 0.3) is 0 Å². The number of carbonyl (C=O) groups excluding carboxylic acids is 1. The summed E-state index contributed by atoms with van der Waals surface area (Å²) in [6.07, 6.45) is -2.86. The third kappa shape index (κ3) is 4.20. The topological polar surface area (TPSA) is 55.6 Å². The van der Waals surface area contributed by atoms with Gasteiger partial charge in [-0.3, -0.25) is 4.79 Å². The normalized spacial score (nSPS) is 19.5. The Morgan fingerprint density at radius 3 is 2.55 bits per heavy atom. The van der Waals surface area contributed by atoms with Crippen LogP contribution in [0.3, 0.4) is 0 Å². The number of ether oxygens (including phenoxy) is 1. The number of halogens is 3. The fraction of sp³-hybridized carbons (Fsp3) is 0.533. The molecule has 1 saturated heterocycles. The number of nitrogens with zero attached hydrogens (tertiary/aromatic N) is 1. The summed E-state index contributed by atoms with van der Waals surface area (Å²) in [5, 5.41) is 0. The smallest absolute Gasteiger partial charge is 0.369 e. The van der Waals surface area contributed by atoms with Crippen molar-refractivity contribution in [2.24, 2.45) is 5.73 Å². The lowest BCUT2D eigenvalue weighted by atomic mass is 10.1. The van der Waals surface area contributed by atoms with E-state index in [1.807, 2.05) is 0 Å². The number of benzene rings is 1. The van der Waals surface area contributed by atoms with Crippen LogP contribution in [-0.2, 0) is 22.3 Å². The minimum atomic E-state index is -4.35. The first-order chi connectivity index (χ1) is 10.4. The highest BCUT2D eigenvalue weighted by molar-refractivity contribution is 5.78. The zero-order valence-electron chi connectivity index (χ0n) is 12.1. The van der Waals surface area contributed by atoms with Gasteiger partial charge in [0.2, 0.25) is 5.91 Å². The van der Waals surface area contributed by atoms with Crippen molar-refractivity contribution < 1.29 is 22.7 Å². The molecule has 0 saturated carbocycles. The van der Waals surface area contributed by atoms with Crippen LogP contribution in [0.25, 0.3) is 0 Å². The van der Waals surface area contributed by atoms with E-state index in [1.54, 1.807) is 4.90 Å². The molecule has 0 spiro atoms. The van der Waals surface area contributed by atoms with Crippen molar-refractivity contribution in [2.75, 3.05) is 19.8 Å². The zero-order valence-corrected chi connectivity index (χ0v) is 12.1. The van der Waals surface area contributed by atoms with Crippen LogP contribution >= 0.6 is 0 Å². The molecule has 1 aliphatic heterocycles. The van der Waals surface area contributed by atoms with Crippen LogP contribution < -0.4 is 5.73 Å². The van der Waals surface area contributed by atoms with Gasteiger partial charge in [0.05, 0.1) is 18.2 Å². The van der Waals surface area contributed by atoms with Crippen LogP contribution in [0.2, 0.25) is 0 Å². The van der Waals surface area contributed by atoms with E-state index in [-0.39, 0.29) is 25.1 Å². The maximum Gasteiger partial charge on any atom is 0.416 e. The second-order valence-corrected chi connectivity index (χ2v) is 5.32. The molecule has 2 N–H and O–H groups in total. The van der Waals surface area contributed by atoms with Gasteiger partial charge in [-0.2, -0.15) is 13.2 Å². The van der Waals surface area contributed by atoms with Gasteiger partial charge in [-0.25, -0.2) is 0 Å². The lowest BCUT2D eigenvalue weighted by Gasteiger charge is -2.35. The number of carbonyl (C=O) groups is 1. The summed E-state index contributed by atoms with van der Waals surface area (Å²) in [7, 11) is 0. The van der Waals surface area contributed by atoms with Gasteiger partial charge in [-0.15, -0.1) is 0 Å². The van der Waals surface area contributed by atoms with Crippen LogP contribution in [-0.4, -0.2) is 36.6 Å². The lowest BCUT2D eigenvalue weighted by Crippen LogP contribution is -2.48. The number of amides is 1. The minimum Gasteiger partial charge on any atom is -0.369 e. The second kappa shape index (κ2) is 7.11. The molecule has 1 aromatic carbocycles. The second-order valence-electron chi connectivity index (χ2n) is 5.32. The maximum absolute atomic E-state index is 12.5. The molecule has 1 amide bonds. The molecule has 0 bridgehead atoms. The Morgan fingerprint density at radius 1 is 1.27 bits per heavy atom. The third-order valence-corrected chi connectivity index (χ3v) is 3.67. The quantitative estimate of drug-likeness (QED) is 0.906. The van der Waals surface area contributed by atoms with Gasteiger partial charge in [-0.1, -0.05) is 12.1 Å². The molecule has 0 aromatic heterocycles. The first-order valence-electron chi connectivity index (χ1n) is 7.15. The van der Waals surface area contributed by atoms with E-state index in [9.17, 15) is 18.0 Å². The Balaban J connectivity index is 2.07. The van der Waals surface area contributed by atoms with E-state index in [4.69, 9.17) is 10.5 Å². The first-order valence-corrected chi connectivity index (χ1v) is 7.15. The average molecular weight is 316 g/mol. The van der Waals surface area contributed by atoms with E-state index in [0.29, 0.717) is 18.7 Å². The molecular formula is C15H19F3N2O2. The van der Waals surface area contributed by atoms with Crippen molar-refractivity contribution in [3.63, 3.8) is 0 Å². The minimum absolute atomic E-state index is 0.0137. The number of rotatable bonds is 5. The van der Waals surface area contributed by atoms with Crippen LogP contribution in [0.15, 0.2) is 24.3 Å². The average Bonchev–Trinajstić information content (AvgIpc) is 2.47. The zero-order chi connectivity index (χ0) is 16.2. The molecule has 7 heteroatoms. The Labute approximate surface area is 127 Å². The summed E-state index contributed by atoms with van der Waals surface area (Å²) in [5.74, 6) is -0.145. The Bertz CT molecular complexity index is 503. The van der Waals surface area contributed by atoms with E-state index in [2.05, 4.69) is 0 Å². The molecule has 0 radical (unpaired) electrons. The highest BCUT2D eigenvalue weighted by Crippen LogP contribution is 2.29. The fourth-order valence-electron chi connectivity index (χ4n) is 2.46. The van der Waals surface area contributed by atoms with E-state index in [1.165, 1.54) is 12.1 Å². The predicted molar refractivity (Wildman–Crippen MR) is 74.9 cm³/mol. The summed E-state index contributed by atoms with van der Waals surface area (Å²) in [6.45, 7) is 1.26. The predicted octanol–water partition coefficient (Wildman–Crippen LogP) is 2.17. The monoisotopic (exact) mass is 316 g/mol. The highest BCUT2D eigenvalue weighted by Gasteiger charge is 2.31. The van der Waals surface area contributed by atoms with Gasteiger partial charge in [-0.05, 0) is 37.1 Å². The summed E-state index contributed by atoms with van der Waals surface area (Å²) < 4.78 is 42.9. The van der Waals surface area contributed by atoms with Gasteiger partial charge >= 0.3 is 6.18 Å². The number of morpholine rings is 1. The van der Waals surface area contributed by atoms with Gasteiger partial charge in [0.1, 0.15) is 6.61 Å². The molecule has 1 aliphatic rings. The van der Waals surface area contributed by atoms with E-state index >= 15 is 0 Å². The number of alkyl halides is 3. The molecule has 122 valence electrons. The third-order valence-electron chi connectivity index (χ3n) is 3.67. The molecule has 2 rings (SSSR count). The fourth-order valence-corrected chi connectivity index (χ4v) is 2.46. The van der Waals surface area contributed by atoms with Crippen molar-refractivity contribution in [3.05, 3.63) is 35.4 Å². The van der Waals surface area contributed by atoms with Crippen LogP contribution in [0.1, 0.15) is 24.0 Å². The number of hydrogen-bond donors (Lipinski definition) is 1. The maximum atomic E-state index is 12.5. The first kappa shape index (κ1) is 16.8. The van der Waals surface area contributed by atoms with Crippen molar-refractivity contribution in [1.29, 1.82) is 0 Å². The Kier molecular flexibility index (Phi) is 5.42. The molecule has 4 nitrogen and oxygen atoms in total. The molecule has 22 heavy (non-hydrogen) atoms. The number of hydrogen-bond acceptors (Lipinski definition) is 3. The van der Waals surface area contributed by atoms with Crippen LogP contribution in [0.4, 0.5) is 13.2 Å². The summed E-state index contributed by atoms with van der Waals surface area (Å²) in [6, 6.07) is 4.81. The standard InChI is InChI=1S/C15H19F3N2O2/c16-15(17,18)12-5-3-11(4-6-12)8-20-13(2-1-7-19)9-22-10-14(20)21/h3-6,13H,1-2,7-10,19H2. The SMILES string of the molecule is NCCCC1COCC(=O)N1Cc1ccc(C(F)(F)F)cc1. The Morgan fingerprint density at radius 2 is 1.95 bits per heavy atom. The van der Waals surface area contributed by atoms with Crippen LogP contribution in [0.5, 0.6) is 0 Å². The molecule has 1 aromatic rings. The lowest BCUT2D eigenvalue weighted by molar-refractivity contribution is -0.149. The van der Waals surface area contributed by atoms with E-state index < -0.39 is 11.7 Å². The molecular weight excluding hydrogens is 297 g/mol. The van der Waals surface area contributed by atoms with Gasteiger partial charge < -0.3 is 15.4 Å². The molecule has 1 atom stereocenters. The van der Waals surface area contributed by atoms with Crippen molar-refractivity contribution in [2.45, 2.75) is 31.6 Å². The van der Waals surface area contributed by atoms with Crippen molar-refractivity contribution in [1.82, 2.24) is 4.90 Å². The summed E-state index contributed by atoms with van der Waals surface area (Å²) in [4.78, 5) is 13.7. The molecule has 1 heterocycles. The van der Waals surface area contributed by atoms with Crippen LogP contribution in [0, 0.1) is 0 Å². The van der Waals surface area contributed by atoms with Crippen molar-refractivity contribution in [3.8, 4) is 0 Å². The number of nitrogens with two attached hydrogens (primary N) is 1. The van der Waals surface area contributed by atoms with Crippen molar-refractivity contribution >= 4 is 5.91 Å². The highest BCUT2D eigenvalue weighted by atomic mass is 19.4. The Hall–Kier alpha value is -1.60. The summed E-state index contributed by atoms with van der Waals surface area (Å²) in [5.41, 5.74) is 5.46. The molecule has 0 aliphatic carbocycles. The summed E-state index contributed by atoms with van der Waals surface area (Å²) >= 11 is 0. The largest absolute Gasteiger partial charge is 0.416 e. The van der Waals surface area contributed by atoms with Gasteiger partial charge in [0, 0.05) is 6.54 Å². The van der Waals surface area contributed by atoms with E-state index in [0.717, 1.165) is 25.0 Å².